The number of aromatic nitrogens is 3. The summed E-state index contributed by atoms with van der Waals surface area (Å²) >= 11 is 1.74. The molecule has 4 rings (SSSR count). The van der Waals surface area contributed by atoms with Gasteiger partial charge in [-0.2, -0.15) is 4.98 Å². The van der Waals surface area contributed by atoms with Crippen molar-refractivity contribution in [3.05, 3.63) is 27.3 Å². The van der Waals surface area contributed by atoms with Gasteiger partial charge in [0, 0.05) is 24.9 Å². The first-order valence-corrected chi connectivity index (χ1v) is 9.52. The Morgan fingerprint density at radius 3 is 2.92 bits per heavy atom. The summed E-state index contributed by atoms with van der Waals surface area (Å²) in [6, 6.07) is -0.0510. The van der Waals surface area contributed by atoms with E-state index in [2.05, 4.69) is 29.3 Å². The molecule has 1 aliphatic carbocycles. The van der Waals surface area contributed by atoms with Crippen molar-refractivity contribution in [1.29, 1.82) is 0 Å². The summed E-state index contributed by atoms with van der Waals surface area (Å²) in [4.78, 5) is 24.3. The normalized spacial score (nSPS) is 19.4. The molecule has 0 bridgehead atoms. The first-order chi connectivity index (χ1) is 11.9. The van der Waals surface area contributed by atoms with E-state index in [0.29, 0.717) is 36.8 Å². The quantitative estimate of drug-likeness (QED) is 0.908. The molecule has 3 heterocycles. The summed E-state index contributed by atoms with van der Waals surface area (Å²) in [5.41, 5.74) is 1.59. The number of fused-ring (bicyclic) bond motifs is 1. The van der Waals surface area contributed by atoms with Crippen molar-refractivity contribution in [3.8, 4) is 0 Å². The maximum absolute atomic E-state index is 12.3. The number of urea groups is 1. The van der Waals surface area contributed by atoms with Gasteiger partial charge in [-0.05, 0) is 24.7 Å². The van der Waals surface area contributed by atoms with E-state index in [9.17, 15) is 4.79 Å². The third-order valence-corrected chi connectivity index (χ3v) is 6.07. The summed E-state index contributed by atoms with van der Waals surface area (Å²) < 4.78 is 4.99. The Balaban J connectivity index is 1.28. The van der Waals surface area contributed by atoms with Crippen LogP contribution in [0.15, 0.2) is 4.52 Å². The van der Waals surface area contributed by atoms with E-state index >= 15 is 0 Å². The first kappa shape index (κ1) is 16.5. The molecular weight excluding hydrogens is 338 g/mol. The molecule has 8 heteroatoms. The largest absolute Gasteiger partial charge is 0.340 e. The summed E-state index contributed by atoms with van der Waals surface area (Å²) in [5, 5.41) is 7.90. The minimum absolute atomic E-state index is 0.0510. The van der Waals surface area contributed by atoms with Crippen molar-refractivity contribution in [1.82, 2.24) is 25.3 Å². The molecule has 2 aliphatic rings. The van der Waals surface area contributed by atoms with Crippen LogP contribution in [0, 0.1) is 12.3 Å². The number of hydrogen-bond donors (Lipinski definition) is 1. The van der Waals surface area contributed by atoms with Gasteiger partial charge in [0.1, 0.15) is 5.01 Å². The maximum atomic E-state index is 12.3. The Labute approximate surface area is 150 Å². The molecule has 2 aromatic heterocycles. The van der Waals surface area contributed by atoms with E-state index in [4.69, 9.17) is 9.51 Å². The average molecular weight is 361 g/mol. The summed E-state index contributed by atoms with van der Waals surface area (Å²) in [5.74, 6) is 1.43. The lowest BCUT2D eigenvalue weighted by Gasteiger charge is -2.37. The number of thiazole rings is 1. The molecule has 2 amide bonds. The van der Waals surface area contributed by atoms with Crippen LogP contribution in [-0.2, 0) is 19.4 Å². The van der Waals surface area contributed by atoms with Crippen molar-refractivity contribution in [2.75, 3.05) is 13.1 Å². The average Bonchev–Trinajstić information content (AvgIpc) is 3.08. The van der Waals surface area contributed by atoms with Gasteiger partial charge in [-0.1, -0.05) is 19.0 Å². The number of likely N-dealkylation sites (tertiary alicyclic amines) is 1. The van der Waals surface area contributed by atoms with Gasteiger partial charge in [0.15, 0.2) is 5.82 Å². The SMILES string of the molecule is Cc1nc(C2CN(C(=O)NCc3nc4c(s3)CC(C)(C)CC4)C2)no1. The van der Waals surface area contributed by atoms with Crippen molar-refractivity contribution >= 4 is 17.4 Å². The zero-order valence-corrected chi connectivity index (χ0v) is 15.7. The van der Waals surface area contributed by atoms with E-state index in [1.807, 2.05) is 0 Å². The Hall–Kier alpha value is -1.96. The second-order valence-corrected chi connectivity index (χ2v) is 8.92. The molecule has 0 saturated carbocycles. The highest BCUT2D eigenvalue weighted by Crippen LogP contribution is 2.37. The highest BCUT2D eigenvalue weighted by atomic mass is 32.1. The zero-order valence-electron chi connectivity index (χ0n) is 14.8. The first-order valence-electron chi connectivity index (χ1n) is 8.70. The molecule has 134 valence electrons. The van der Waals surface area contributed by atoms with Crippen molar-refractivity contribution in [2.45, 2.75) is 52.5 Å². The molecule has 0 aromatic carbocycles. The fourth-order valence-electron chi connectivity index (χ4n) is 3.38. The number of carbonyl (C=O) groups is 1. The van der Waals surface area contributed by atoms with Gasteiger partial charge in [0.2, 0.25) is 5.89 Å². The van der Waals surface area contributed by atoms with Crippen molar-refractivity contribution in [3.63, 3.8) is 0 Å². The number of nitrogens with zero attached hydrogens (tertiary/aromatic N) is 4. The standard InChI is InChI=1S/C17H23N5O2S/c1-10-19-15(21-24-10)11-8-22(9-11)16(23)18-7-14-20-12-4-5-17(2,3)6-13(12)25-14/h11H,4-9H2,1-3H3,(H,18,23). The second-order valence-electron chi connectivity index (χ2n) is 7.75. The highest BCUT2D eigenvalue weighted by molar-refractivity contribution is 7.11. The van der Waals surface area contributed by atoms with Crippen molar-refractivity contribution in [2.24, 2.45) is 5.41 Å². The predicted octanol–water partition coefficient (Wildman–Crippen LogP) is 2.66. The summed E-state index contributed by atoms with van der Waals surface area (Å²) in [6.45, 7) is 8.15. The fraction of sp³-hybridized carbons (Fsp3) is 0.647. The number of amides is 2. The monoisotopic (exact) mass is 361 g/mol. The molecule has 0 atom stereocenters. The molecule has 1 N–H and O–H groups in total. The van der Waals surface area contributed by atoms with Crippen LogP contribution < -0.4 is 5.32 Å². The Morgan fingerprint density at radius 2 is 2.20 bits per heavy atom. The number of aryl methyl sites for hydroxylation is 2. The van der Waals surface area contributed by atoms with Gasteiger partial charge in [-0.15, -0.1) is 11.3 Å². The van der Waals surface area contributed by atoms with Gasteiger partial charge < -0.3 is 14.7 Å². The minimum atomic E-state index is -0.0510. The van der Waals surface area contributed by atoms with Crippen LogP contribution in [0.3, 0.4) is 0 Å². The Morgan fingerprint density at radius 1 is 1.40 bits per heavy atom. The third-order valence-electron chi connectivity index (χ3n) is 4.97. The molecule has 0 spiro atoms. The van der Waals surface area contributed by atoms with Gasteiger partial charge >= 0.3 is 6.03 Å². The predicted molar refractivity (Wildman–Crippen MR) is 93.5 cm³/mol. The smallest absolute Gasteiger partial charge is 0.317 e. The number of carbonyl (C=O) groups excluding carboxylic acids is 1. The van der Waals surface area contributed by atoms with Crippen LogP contribution in [0.5, 0.6) is 0 Å². The van der Waals surface area contributed by atoms with Crippen LogP contribution in [-0.4, -0.2) is 39.1 Å². The fourth-order valence-corrected chi connectivity index (χ4v) is 4.69. The molecule has 25 heavy (non-hydrogen) atoms. The van der Waals surface area contributed by atoms with E-state index in [1.165, 1.54) is 17.0 Å². The lowest BCUT2D eigenvalue weighted by molar-refractivity contribution is 0.147. The lowest BCUT2D eigenvalue weighted by Crippen LogP contribution is -2.52. The van der Waals surface area contributed by atoms with Crippen LogP contribution in [0.1, 0.15) is 53.5 Å². The zero-order chi connectivity index (χ0) is 17.6. The third kappa shape index (κ3) is 3.40. The number of hydrogen-bond acceptors (Lipinski definition) is 6. The van der Waals surface area contributed by atoms with E-state index in [1.54, 1.807) is 23.2 Å². The summed E-state index contributed by atoms with van der Waals surface area (Å²) in [7, 11) is 0. The van der Waals surface area contributed by atoms with Crippen molar-refractivity contribution < 1.29 is 9.32 Å². The minimum Gasteiger partial charge on any atom is -0.340 e. The summed E-state index contributed by atoms with van der Waals surface area (Å²) in [6.07, 6.45) is 3.32. The number of rotatable bonds is 3. The van der Waals surface area contributed by atoms with E-state index in [-0.39, 0.29) is 11.9 Å². The molecule has 1 aliphatic heterocycles. The topological polar surface area (TPSA) is 84.2 Å². The molecule has 7 nitrogen and oxygen atoms in total. The highest BCUT2D eigenvalue weighted by Gasteiger charge is 2.35. The second kappa shape index (κ2) is 6.09. The number of nitrogens with one attached hydrogen (secondary N) is 1. The van der Waals surface area contributed by atoms with E-state index in [0.717, 1.165) is 17.8 Å². The Bertz CT molecular complexity index is 791. The molecule has 0 radical (unpaired) electrons. The molecule has 1 fully saturated rings. The van der Waals surface area contributed by atoms with Crippen LogP contribution in [0.2, 0.25) is 0 Å². The lowest BCUT2D eigenvalue weighted by atomic mass is 9.79. The van der Waals surface area contributed by atoms with E-state index < -0.39 is 0 Å². The Kier molecular flexibility index (Phi) is 4.02. The van der Waals surface area contributed by atoms with Crippen LogP contribution in [0.25, 0.3) is 0 Å². The molecule has 2 aromatic rings. The maximum Gasteiger partial charge on any atom is 0.317 e. The molecular formula is C17H23N5O2S. The molecule has 0 unspecified atom stereocenters. The van der Waals surface area contributed by atoms with Crippen LogP contribution >= 0.6 is 11.3 Å². The van der Waals surface area contributed by atoms with Gasteiger partial charge in [0.05, 0.1) is 18.2 Å². The van der Waals surface area contributed by atoms with Gasteiger partial charge in [-0.25, -0.2) is 9.78 Å². The molecule has 1 saturated heterocycles. The van der Waals surface area contributed by atoms with Gasteiger partial charge in [-0.3, -0.25) is 0 Å². The van der Waals surface area contributed by atoms with Crippen LogP contribution in [0.4, 0.5) is 4.79 Å². The van der Waals surface area contributed by atoms with Gasteiger partial charge in [0.25, 0.3) is 0 Å².